The Kier molecular flexibility index (Phi) is 6.23. The highest BCUT2D eigenvalue weighted by Crippen LogP contribution is 2.17. The zero-order chi connectivity index (χ0) is 12.7. The first kappa shape index (κ1) is 14.2. The van der Waals surface area contributed by atoms with Crippen LogP contribution in [0.15, 0.2) is 24.3 Å². The molecule has 0 aliphatic carbocycles. The third kappa shape index (κ3) is 4.88. The van der Waals surface area contributed by atoms with Gasteiger partial charge in [-0.1, -0.05) is 51.0 Å². The summed E-state index contributed by atoms with van der Waals surface area (Å²) in [6, 6.07) is 8.94. The monoisotopic (exact) mass is 234 g/mol. The van der Waals surface area contributed by atoms with Gasteiger partial charge in [-0.2, -0.15) is 0 Å². The third-order valence-electron chi connectivity index (χ3n) is 3.43. The van der Waals surface area contributed by atoms with Gasteiger partial charge in [0.15, 0.2) is 0 Å². The summed E-state index contributed by atoms with van der Waals surface area (Å²) < 4.78 is 0. The molecule has 0 aliphatic heterocycles. The Labute approximate surface area is 106 Å². The molecule has 2 heteroatoms. The van der Waals surface area contributed by atoms with E-state index in [1.54, 1.807) is 0 Å². The van der Waals surface area contributed by atoms with Crippen molar-refractivity contribution in [2.24, 2.45) is 11.8 Å². The van der Waals surface area contributed by atoms with Crippen molar-refractivity contribution in [2.75, 3.05) is 0 Å². The molecule has 0 aliphatic rings. The van der Waals surface area contributed by atoms with Gasteiger partial charge in [0.2, 0.25) is 0 Å². The largest absolute Gasteiger partial charge is 0.271 e. The second-order valence-corrected chi connectivity index (χ2v) is 5.12. The Balaban J connectivity index is 2.55. The Morgan fingerprint density at radius 2 is 2.00 bits per heavy atom. The van der Waals surface area contributed by atoms with Crippen LogP contribution in [0.4, 0.5) is 0 Å². The summed E-state index contributed by atoms with van der Waals surface area (Å²) in [5.41, 5.74) is 5.73. The summed E-state index contributed by atoms with van der Waals surface area (Å²) in [6.07, 6.45) is 4.71. The number of nitrogens with one attached hydrogen (secondary N) is 1. The van der Waals surface area contributed by atoms with Crippen molar-refractivity contribution in [1.29, 1.82) is 0 Å². The van der Waals surface area contributed by atoms with E-state index in [9.17, 15) is 0 Å². The van der Waals surface area contributed by atoms with Crippen molar-refractivity contribution in [1.82, 2.24) is 5.43 Å². The van der Waals surface area contributed by atoms with Gasteiger partial charge in [-0.15, -0.1) is 0 Å². The maximum Gasteiger partial charge on any atom is 0.0253 e. The molecule has 0 fully saturated rings. The first-order valence-corrected chi connectivity index (χ1v) is 6.68. The molecule has 0 aromatic heterocycles. The van der Waals surface area contributed by atoms with E-state index in [1.165, 1.54) is 24.0 Å². The van der Waals surface area contributed by atoms with Crippen LogP contribution in [0, 0.1) is 12.8 Å². The molecule has 0 bridgehead atoms. The highest BCUT2D eigenvalue weighted by atomic mass is 15.2. The minimum absolute atomic E-state index is 0.387. The van der Waals surface area contributed by atoms with Crippen LogP contribution in [-0.4, -0.2) is 6.04 Å². The quantitative estimate of drug-likeness (QED) is 0.561. The maximum absolute atomic E-state index is 5.67. The van der Waals surface area contributed by atoms with Crippen LogP contribution in [0.2, 0.25) is 0 Å². The highest BCUT2D eigenvalue weighted by Gasteiger charge is 2.12. The van der Waals surface area contributed by atoms with Crippen molar-refractivity contribution >= 4 is 0 Å². The smallest absolute Gasteiger partial charge is 0.0253 e. The van der Waals surface area contributed by atoms with E-state index in [1.807, 2.05) is 0 Å². The topological polar surface area (TPSA) is 38.0 Å². The number of hydrazine groups is 1. The van der Waals surface area contributed by atoms with Gasteiger partial charge < -0.3 is 0 Å². The molecule has 2 unspecified atom stereocenters. The molecule has 0 heterocycles. The number of hydrogen-bond acceptors (Lipinski definition) is 2. The Hall–Kier alpha value is -0.860. The van der Waals surface area contributed by atoms with Gasteiger partial charge in [0, 0.05) is 6.04 Å². The summed E-state index contributed by atoms with van der Waals surface area (Å²) >= 11 is 0. The fourth-order valence-electron chi connectivity index (χ4n) is 2.41. The summed E-state index contributed by atoms with van der Waals surface area (Å²) in [4.78, 5) is 0. The van der Waals surface area contributed by atoms with Gasteiger partial charge in [0.05, 0.1) is 0 Å². The van der Waals surface area contributed by atoms with Gasteiger partial charge in [-0.3, -0.25) is 11.3 Å². The standard InChI is InChI=1S/C15H26N2/c1-4-7-12(2)10-15(17-16)11-14-9-6-5-8-13(14)3/h5-6,8-9,12,15,17H,4,7,10-11,16H2,1-3H3. The predicted octanol–water partition coefficient (Wildman–Crippen LogP) is 3.20. The number of nitrogens with two attached hydrogens (primary N) is 1. The molecular formula is C15H26N2. The summed E-state index contributed by atoms with van der Waals surface area (Å²) in [6.45, 7) is 6.72. The molecule has 17 heavy (non-hydrogen) atoms. The minimum Gasteiger partial charge on any atom is -0.271 e. The molecule has 2 atom stereocenters. The Morgan fingerprint density at radius 3 is 2.59 bits per heavy atom. The number of benzene rings is 1. The van der Waals surface area contributed by atoms with Crippen molar-refractivity contribution in [3.05, 3.63) is 35.4 Å². The fourth-order valence-corrected chi connectivity index (χ4v) is 2.41. The molecule has 1 rings (SSSR count). The zero-order valence-electron chi connectivity index (χ0n) is 11.4. The maximum atomic E-state index is 5.67. The van der Waals surface area contributed by atoms with Gasteiger partial charge in [-0.25, -0.2) is 0 Å². The molecule has 3 N–H and O–H groups in total. The normalized spacial score (nSPS) is 14.6. The molecule has 0 spiro atoms. The summed E-state index contributed by atoms with van der Waals surface area (Å²) in [7, 11) is 0. The van der Waals surface area contributed by atoms with E-state index in [-0.39, 0.29) is 0 Å². The van der Waals surface area contributed by atoms with Crippen molar-refractivity contribution in [2.45, 2.75) is 52.5 Å². The van der Waals surface area contributed by atoms with E-state index in [0.717, 1.165) is 18.8 Å². The molecule has 96 valence electrons. The average molecular weight is 234 g/mol. The van der Waals surface area contributed by atoms with Crippen molar-refractivity contribution in [3.63, 3.8) is 0 Å². The van der Waals surface area contributed by atoms with E-state index < -0.39 is 0 Å². The lowest BCUT2D eigenvalue weighted by molar-refractivity contribution is 0.384. The van der Waals surface area contributed by atoms with Crippen LogP contribution in [0.3, 0.4) is 0 Å². The van der Waals surface area contributed by atoms with E-state index in [2.05, 4.69) is 50.5 Å². The lowest BCUT2D eigenvalue weighted by Crippen LogP contribution is -2.38. The molecule has 0 saturated carbocycles. The lowest BCUT2D eigenvalue weighted by Gasteiger charge is -2.21. The van der Waals surface area contributed by atoms with Crippen molar-refractivity contribution in [3.8, 4) is 0 Å². The number of rotatable bonds is 7. The second-order valence-electron chi connectivity index (χ2n) is 5.12. The molecule has 0 saturated heterocycles. The Bertz CT molecular complexity index is 322. The van der Waals surface area contributed by atoms with E-state index in [0.29, 0.717) is 6.04 Å². The first-order chi connectivity index (χ1) is 8.17. The van der Waals surface area contributed by atoms with Gasteiger partial charge >= 0.3 is 0 Å². The van der Waals surface area contributed by atoms with Crippen LogP contribution in [0.1, 0.15) is 44.2 Å². The molecule has 2 nitrogen and oxygen atoms in total. The number of aryl methyl sites for hydroxylation is 1. The van der Waals surface area contributed by atoms with Crippen LogP contribution in [-0.2, 0) is 6.42 Å². The fraction of sp³-hybridized carbons (Fsp3) is 0.600. The zero-order valence-corrected chi connectivity index (χ0v) is 11.4. The molecule has 0 radical (unpaired) electrons. The minimum atomic E-state index is 0.387. The Morgan fingerprint density at radius 1 is 1.29 bits per heavy atom. The van der Waals surface area contributed by atoms with E-state index >= 15 is 0 Å². The molecule has 1 aromatic carbocycles. The second kappa shape index (κ2) is 7.46. The third-order valence-corrected chi connectivity index (χ3v) is 3.43. The molecule has 1 aromatic rings. The highest BCUT2D eigenvalue weighted by molar-refractivity contribution is 5.26. The van der Waals surface area contributed by atoms with Crippen LogP contribution in [0.5, 0.6) is 0 Å². The predicted molar refractivity (Wildman–Crippen MR) is 74.7 cm³/mol. The van der Waals surface area contributed by atoms with Crippen LogP contribution in [0.25, 0.3) is 0 Å². The van der Waals surface area contributed by atoms with Crippen LogP contribution < -0.4 is 11.3 Å². The number of hydrogen-bond donors (Lipinski definition) is 2. The summed E-state index contributed by atoms with van der Waals surface area (Å²) in [5, 5.41) is 0. The average Bonchev–Trinajstić information content (AvgIpc) is 2.31. The van der Waals surface area contributed by atoms with E-state index in [4.69, 9.17) is 5.84 Å². The van der Waals surface area contributed by atoms with Gasteiger partial charge in [0.25, 0.3) is 0 Å². The first-order valence-electron chi connectivity index (χ1n) is 6.68. The lowest BCUT2D eigenvalue weighted by atomic mass is 9.92. The van der Waals surface area contributed by atoms with Gasteiger partial charge in [0.1, 0.15) is 0 Å². The van der Waals surface area contributed by atoms with Gasteiger partial charge in [-0.05, 0) is 36.8 Å². The van der Waals surface area contributed by atoms with Crippen LogP contribution >= 0.6 is 0 Å². The molecule has 0 amide bonds. The summed E-state index contributed by atoms with van der Waals surface area (Å²) in [5.74, 6) is 6.41. The SMILES string of the molecule is CCCC(C)CC(Cc1ccccc1C)NN. The van der Waals surface area contributed by atoms with Crippen molar-refractivity contribution < 1.29 is 0 Å². The molecular weight excluding hydrogens is 208 g/mol.